The Morgan fingerprint density at radius 1 is 1.05 bits per heavy atom. The van der Waals surface area contributed by atoms with Crippen molar-refractivity contribution in [3.05, 3.63) is 29.8 Å². The fraction of sp³-hybridized carbons (Fsp3) is 0.571. The van der Waals surface area contributed by atoms with Gasteiger partial charge in [-0.1, -0.05) is 0 Å². The molecule has 22 heavy (non-hydrogen) atoms. The van der Waals surface area contributed by atoms with Crippen LogP contribution in [0.1, 0.15) is 31.2 Å². The number of benzene rings is 1. The van der Waals surface area contributed by atoms with Crippen LogP contribution in [0.15, 0.2) is 29.2 Å². The average molecular weight is 336 g/mol. The summed E-state index contributed by atoms with van der Waals surface area (Å²) in [6.45, 7) is 0. The lowest BCUT2D eigenvalue weighted by molar-refractivity contribution is -0.137. The normalized spacial score (nSPS) is 23.7. The van der Waals surface area contributed by atoms with E-state index in [0.717, 1.165) is 24.3 Å². The highest BCUT2D eigenvalue weighted by Gasteiger charge is 2.33. The predicted octanol–water partition coefficient (Wildman–Crippen LogP) is 3.07. The summed E-state index contributed by atoms with van der Waals surface area (Å²) in [5.74, 6) is 0. The third-order valence-electron chi connectivity index (χ3n) is 4.02. The maximum Gasteiger partial charge on any atom is 0.416 e. The summed E-state index contributed by atoms with van der Waals surface area (Å²) in [5, 5.41) is 11.3. The van der Waals surface area contributed by atoms with E-state index in [9.17, 15) is 26.7 Å². The molecule has 4 nitrogen and oxygen atoms in total. The molecule has 0 N–H and O–H groups in total. The number of rotatable bonds is 3. The van der Waals surface area contributed by atoms with Crippen LogP contribution in [0.4, 0.5) is 13.2 Å². The molecule has 0 amide bonds. The number of halogens is 3. The minimum absolute atomic E-state index is 0.174. The molecule has 1 fully saturated rings. The Kier molecular flexibility index (Phi) is 4.84. The minimum Gasteiger partial charge on any atom is -0.233 e. The molecule has 0 heterocycles. The van der Waals surface area contributed by atoms with Crippen LogP contribution in [0.3, 0.4) is 0 Å². The van der Waals surface area contributed by atoms with Crippen LogP contribution in [0.2, 0.25) is 0 Å². The summed E-state index contributed by atoms with van der Waals surface area (Å²) in [5.41, 5.74) is -0.888. The first-order valence-electron chi connectivity index (χ1n) is 6.93. The molecule has 8 heteroatoms. The third kappa shape index (κ3) is 3.61. The van der Waals surface area contributed by atoms with Gasteiger partial charge in [-0.15, -0.1) is 0 Å². The van der Waals surface area contributed by atoms with Gasteiger partial charge in [0.15, 0.2) is 0 Å². The summed E-state index contributed by atoms with van der Waals surface area (Å²) >= 11 is 0. The fourth-order valence-electron chi connectivity index (χ4n) is 2.59. The van der Waals surface area contributed by atoms with Crippen LogP contribution in [0.5, 0.6) is 0 Å². The molecule has 0 spiro atoms. The van der Waals surface area contributed by atoms with E-state index in [2.05, 4.69) is 0 Å². The second-order valence-electron chi connectivity index (χ2n) is 5.47. The summed E-state index contributed by atoms with van der Waals surface area (Å²) in [7, 11) is -2.45. The molecule has 0 bridgehead atoms. The van der Waals surface area contributed by atoms with E-state index in [-0.39, 0.29) is 10.9 Å². The van der Waals surface area contributed by atoms with Gasteiger partial charge in [-0.2, -0.15) is 17.5 Å². The van der Waals surface area contributed by atoms with E-state index in [0.29, 0.717) is 25.7 Å². The zero-order chi connectivity index (χ0) is 16.5. The monoisotopic (exact) mass is 336 g/mol. The van der Waals surface area contributed by atoms with Crippen molar-refractivity contribution in [2.24, 2.45) is 0 Å². The summed E-state index contributed by atoms with van der Waals surface area (Å²) < 4.78 is 63.6. The first-order valence-corrected chi connectivity index (χ1v) is 8.37. The molecule has 1 aliphatic carbocycles. The standard InChI is InChI=1S/C14H17F3NO3S/c1-18(11-4-6-12(19)7-5-11)22(20,21)13-8-2-10(3-9-13)14(15,16)17/h2-3,8-9,11-12H,4-7H2,1H3. The smallest absolute Gasteiger partial charge is 0.233 e. The van der Waals surface area contributed by atoms with Crippen LogP contribution in [0.25, 0.3) is 0 Å². The quantitative estimate of drug-likeness (QED) is 0.852. The van der Waals surface area contributed by atoms with Crippen molar-refractivity contribution >= 4 is 10.0 Å². The lowest BCUT2D eigenvalue weighted by atomic mass is 9.93. The first kappa shape index (κ1) is 17.2. The van der Waals surface area contributed by atoms with E-state index in [1.165, 1.54) is 11.4 Å². The molecule has 1 aromatic rings. The second-order valence-corrected chi connectivity index (χ2v) is 7.47. The van der Waals surface area contributed by atoms with Crippen LogP contribution in [-0.4, -0.2) is 31.9 Å². The maximum atomic E-state index is 12.5. The van der Waals surface area contributed by atoms with Crippen molar-refractivity contribution in [1.29, 1.82) is 0 Å². The van der Waals surface area contributed by atoms with Gasteiger partial charge in [0, 0.05) is 13.1 Å². The van der Waals surface area contributed by atoms with E-state index in [1.54, 1.807) is 0 Å². The number of hydrogen-bond donors (Lipinski definition) is 0. The first-order chi connectivity index (χ1) is 10.1. The van der Waals surface area contributed by atoms with Gasteiger partial charge in [-0.05, 0) is 49.9 Å². The molecule has 1 saturated carbocycles. The molecule has 0 unspecified atom stereocenters. The van der Waals surface area contributed by atoms with Crippen molar-refractivity contribution in [1.82, 2.24) is 4.31 Å². The molecule has 2 rings (SSSR count). The van der Waals surface area contributed by atoms with Crippen molar-refractivity contribution in [3.8, 4) is 0 Å². The highest BCUT2D eigenvalue weighted by Crippen LogP contribution is 2.31. The van der Waals surface area contributed by atoms with Crippen molar-refractivity contribution in [3.63, 3.8) is 0 Å². The SMILES string of the molecule is CN(C1CCC([O])CC1)S(=O)(=O)c1ccc(C(F)(F)F)cc1. The van der Waals surface area contributed by atoms with Crippen molar-refractivity contribution in [2.45, 2.75) is 48.9 Å². The Bertz CT molecular complexity index is 605. The predicted molar refractivity (Wildman–Crippen MR) is 73.1 cm³/mol. The largest absolute Gasteiger partial charge is 0.416 e. The molecule has 0 aromatic heterocycles. The van der Waals surface area contributed by atoms with E-state index in [4.69, 9.17) is 0 Å². The van der Waals surface area contributed by atoms with Crippen LogP contribution in [0, 0.1) is 0 Å². The van der Waals surface area contributed by atoms with Gasteiger partial charge in [0.2, 0.25) is 10.0 Å². The minimum atomic E-state index is -4.50. The number of nitrogens with zero attached hydrogens (tertiary/aromatic N) is 1. The van der Waals surface area contributed by atoms with Crippen molar-refractivity contribution in [2.75, 3.05) is 7.05 Å². The van der Waals surface area contributed by atoms with Gasteiger partial charge in [0.05, 0.1) is 16.6 Å². The van der Waals surface area contributed by atoms with Crippen LogP contribution < -0.4 is 0 Å². The Morgan fingerprint density at radius 2 is 1.55 bits per heavy atom. The number of alkyl halides is 3. The van der Waals surface area contributed by atoms with Gasteiger partial charge < -0.3 is 0 Å². The highest BCUT2D eigenvalue weighted by molar-refractivity contribution is 7.89. The molecule has 0 saturated heterocycles. The zero-order valence-corrected chi connectivity index (χ0v) is 12.8. The Labute approximate surface area is 127 Å². The zero-order valence-electron chi connectivity index (χ0n) is 12.0. The van der Waals surface area contributed by atoms with Crippen LogP contribution in [-0.2, 0) is 21.3 Å². The van der Waals surface area contributed by atoms with E-state index in [1.807, 2.05) is 0 Å². The number of sulfonamides is 1. The van der Waals surface area contributed by atoms with Crippen LogP contribution >= 0.6 is 0 Å². The van der Waals surface area contributed by atoms with E-state index >= 15 is 0 Å². The third-order valence-corrected chi connectivity index (χ3v) is 5.94. The summed E-state index contributed by atoms with van der Waals surface area (Å²) in [6.07, 6.45) is -3.37. The molecule has 1 aliphatic rings. The molecule has 1 radical (unpaired) electrons. The molecular formula is C14H17F3NO3S. The molecule has 0 aliphatic heterocycles. The topological polar surface area (TPSA) is 57.3 Å². The lowest BCUT2D eigenvalue weighted by Gasteiger charge is -2.31. The fourth-order valence-corrected chi connectivity index (χ4v) is 4.00. The summed E-state index contributed by atoms with van der Waals surface area (Å²) in [6, 6.07) is 3.17. The second kappa shape index (κ2) is 6.17. The van der Waals surface area contributed by atoms with Gasteiger partial charge in [0.1, 0.15) is 0 Å². The Morgan fingerprint density at radius 3 is 2.00 bits per heavy atom. The van der Waals surface area contributed by atoms with Gasteiger partial charge >= 0.3 is 6.18 Å². The molecule has 123 valence electrons. The Balaban J connectivity index is 2.19. The lowest BCUT2D eigenvalue weighted by Crippen LogP contribution is -2.40. The average Bonchev–Trinajstić information content (AvgIpc) is 2.46. The van der Waals surface area contributed by atoms with Gasteiger partial charge in [0.25, 0.3) is 0 Å². The van der Waals surface area contributed by atoms with Gasteiger partial charge in [-0.25, -0.2) is 13.5 Å². The molecular weight excluding hydrogens is 319 g/mol. The molecule has 1 aromatic carbocycles. The van der Waals surface area contributed by atoms with Gasteiger partial charge in [-0.3, -0.25) is 0 Å². The maximum absolute atomic E-state index is 12.5. The Hall–Kier alpha value is -1.12. The molecule has 0 atom stereocenters. The van der Waals surface area contributed by atoms with Crippen molar-refractivity contribution < 1.29 is 26.7 Å². The highest BCUT2D eigenvalue weighted by atomic mass is 32.2. The summed E-state index contributed by atoms with van der Waals surface area (Å²) in [4.78, 5) is -0.174. The van der Waals surface area contributed by atoms with E-state index < -0.39 is 27.9 Å². The number of hydrogen-bond acceptors (Lipinski definition) is 2.